The molecule has 1 amide bonds. The molecule has 1 atom stereocenters. The van der Waals surface area contributed by atoms with E-state index >= 15 is 0 Å². The summed E-state index contributed by atoms with van der Waals surface area (Å²) in [5.74, 6) is 0.783. The van der Waals surface area contributed by atoms with E-state index in [9.17, 15) is 9.18 Å². The number of piperidine rings is 1. The van der Waals surface area contributed by atoms with Gasteiger partial charge in [-0.25, -0.2) is 4.39 Å². The Morgan fingerprint density at radius 3 is 2.80 bits per heavy atom. The summed E-state index contributed by atoms with van der Waals surface area (Å²) in [6, 6.07) is 8.44. The minimum Gasteiger partial charge on any atom is -0.351 e. The van der Waals surface area contributed by atoms with E-state index in [2.05, 4.69) is 5.16 Å². The van der Waals surface area contributed by atoms with Crippen molar-refractivity contribution in [2.24, 2.45) is 5.92 Å². The van der Waals surface area contributed by atoms with Crippen molar-refractivity contribution < 1.29 is 13.7 Å². The van der Waals surface area contributed by atoms with E-state index in [1.165, 1.54) is 12.1 Å². The van der Waals surface area contributed by atoms with E-state index in [-0.39, 0.29) is 17.6 Å². The number of aromatic nitrogens is 1. The van der Waals surface area contributed by atoms with Crippen molar-refractivity contribution in [3.63, 3.8) is 0 Å². The van der Waals surface area contributed by atoms with Gasteiger partial charge in [-0.1, -0.05) is 31.1 Å². The summed E-state index contributed by atoms with van der Waals surface area (Å²) < 4.78 is 18.2. The fourth-order valence-corrected chi connectivity index (χ4v) is 3.32. The molecule has 0 N–H and O–H groups in total. The third-order valence-corrected chi connectivity index (χ3v) is 4.89. The lowest BCUT2D eigenvalue weighted by Gasteiger charge is -2.32. The van der Waals surface area contributed by atoms with E-state index in [1.54, 1.807) is 6.07 Å². The second kappa shape index (κ2) is 7.81. The van der Waals surface area contributed by atoms with Crippen LogP contribution in [0.3, 0.4) is 0 Å². The fraction of sp³-hybridized carbons (Fsp3) is 0.500. The summed E-state index contributed by atoms with van der Waals surface area (Å²) in [5, 5.41) is 3.98. The van der Waals surface area contributed by atoms with Crippen LogP contribution in [-0.4, -0.2) is 29.1 Å². The molecule has 2 heterocycles. The number of amides is 1. The molecule has 0 radical (unpaired) electrons. The van der Waals surface area contributed by atoms with Gasteiger partial charge in [0, 0.05) is 19.2 Å². The van der Waals surface area contributed by atoms with Gasteiger partial charge in [-0.15, -0.1) is 0 Å². The van der Waals surface area contributed by atoms with Crippen molar-refractivity contribution in [1.82, 2.24) is 10.1 Å². The summed E-state index contributed by atoms with van der Waals surface area (Å²) in [6.45, 7) is 5.57. The van der Waals surface area contributed by atoms with E-state index in [4.69, 9.17) is 4.52 Å². The van der Waals surface area contributed by atoms with Crippen molar-refractivity contribution in [1.29, 1.82) is 0 Å². The molecular formula is C20H25FN2O2. The topological polar surface area (TPSA) is 46.3 Å². The highest BCUT2D eigenvalue weighted by Gasteiger charge is 2.27. The third kappa shape index (κ3) is 4.47. The minimum atomic E-state index is -0.203. The van der Waals surface area contributed by atoms with E-state index in [1.807, 2.05) is 30.9 Å². The van der Waals surface area contributed by atoms with Crippen molar-refractivity contribution in [3.8, 4) is 0 Å². The first kappa shape index (κ1) is 17.6. The number of halogens is 1. The van der Waals surface area contributed by atoms with Crippen molar-refractivity contribution in [2.45, 2.75) is 45.4 Å². The number of nitrogens with zero attached hydrogens (tertiary/aromatic N) is 2. The van der Waals surface area contributed by atoms with E-state index in [0.717, 1.165) is 50.0 Å². The van der Waals surface area contributed by atoms with Gasteiger partial charge in [0.05, 0.1) is 5.69 Å². The quantitative estimate of drug-likeness (QED) is 0.806. The average molecular weight is 344 g/mol. The Bertz CT molecular complexity index is 709. The van der Waals surface area contributed by atoms with Gasteiger partial charge in [-0.2, -0.15) is 0 Å². The zero-order valence-corrected chi connectivity index (χ0v) is 14.9. The number of rotatable bonds is 5. The predicted molar refractivity (Wildman–Crippen MR) is 93.9 cm³/mol. The monoisotopic (exact) mass is 344 g/mol. The van der Waals surface area contributed by atoms with Gasteiger partial charge in [0.15, 0.2) is 0 Å². The molecule has 1 aromatic heterocycles. The zero-order chi connectivity index (χ0) is 17.8. The Balaban J connectivity index is 1.56. The van der Waals surface area contributed by atoms with Gasteiger partial charge in [-0.3, -0.25) is 4.79 Å². The first-order valence-electron chi connectivity index (χ1n) is 9.03. The lowest BCUT2D eigenvalue weighted by atomic mass is 9.91. The van der Waals surface area contributed by atoms with Crippen molar-refractivity contribution in [2.75, 3.05) is 13.1 Å². The van der Waals surface area contributed by atoms with Gasteiger partial charge in [-0.05, 0) is 55.2 Å². The number of aryl methyl sites for hydroxylation is 1. The lowest BCUT2D eigenvalue weighted by molar-refractivity contribution is 0.0626. The molecule has 3 rings (SSSR count). The Morgan fingerprint density at radius 2 is 2.12 bits per heavy atom. The van der Waals surface area contributed by atoms with Crippen LogP contribution < -0.4 is 0 Å². The minimum absolute atomic E-state index is 0.0640. The number of benzene rings is 1. The number of carbonyl (C=O) groups excluding carboxylic acids is 1. The maximum Gasteiger partial charge on any atom is 0.292 e. The molecule has 1 fully saturated rings. The number of carbonyl (C=O) groups is 1. The van der Waals surface area contributed by atoms with Crippen LogP contribution in [0.4, 0.5) is 4.39 Å². The van der Waals surface area contributed by atoms with E-state index in [0.29, 0.717) is 11.7 Å². The Kier molecular flexibility index (Phi) is 5.51. The molecule has 0 saturated carbocycles. The smallest absolute Gasteiger partial charge is 0.292 e. The number of likely N-dealkylation sites (tertiary alicyclic amines) is 1. The van der Waals surface area contributed by atoms with Crippen LogP contribution in [0.5, 0.6) is 0 Å². The highest BCUT2D eigenvalue weighted by molar-refractivity contribution is 5.91. The molecule has 134 valence electrons. The molecule has 5 heteroatoms. The first-order chi connectivity index (χ1) is 12.0. The first-order valence-corrected chi connectivity index (χ1v) is 9.03. The van der Waals surface area contributed by atoms with Crippen molar-refractivity contribution >= 4 is 5.91 Å². The Hall–Kier alpha value is -2.17. The molecule has 1 aliphatic heterocycles. The lowest BCUT2D eigenvalue weighted by Crippen LogP contribution is -2.39. The summed E-state index contributed by atoms with van der Waals surface area (Å²) in [7, 11) is 0. The van der Waals surface area contributed by atoms with Crippen LogP contribution in [0, 0.1) is 11.7 Å². The van der Waals surface area contributed by atoms with Crippen LogP contribution in [0.25, 0.3) is 0 Å². The SMILES string of the molecule is CC(C)c1cc(C(=O)N2CCC[C@@H](CCc3ccc(F)cc3)C2)on1. The van der Waals surface area contributed by atoms with Gasteiger partial charge < -0.3 is 9.42 Å². The second-order valence-electron chi connectivity index (χ2n) is 7.20. The summed E-state index contributed by atoms with van der Waals surface area (Å²) >= 11 is 0. The number of hydrogen-bond acceptors (Lipinski definition) is 3. The molecule has 0 bridgehead atoms. The maximum atomic E-state index is 13.0. The standard InChI is InChI=1S/C20H25FN2O2/c1-14(2)18-12-19(25-22-18)20(24)23-11-3-4-16(13-23)6-5-15-7-9-17(21)10-8-15/h7-10,12,14,16H,3-6,11,13H2,1-2H3/t16-/m0/s1. The molecule has 1 aliphatic rings. The highest BCUT2D eigenvalue weighted by Crippen LogP contribution is 2.24. The summed E-state index contributed by atoms with van der Waals surface area (Å²) in [5.41, 5.74) is 1.95. The number of hydrogen-bond donors (Lipinski definition) is 0. The predicted octanol–water partition coefficient (Wildman–Crippen LogP) is 4.42. The summed E-state index contributed by atoms with van der Waals surface area (Å²) in [4.78, 5) is 14.5. The van der Waals surface area contributed by atoms with Crippen LogP contribution in [0.2, 0.25) is 0 Å². The van der Waals surface area contributed by atoms with Crippen LogP contribution >= 0.6 is 0 Å². The van der Waals surface area contributed by atoms with Gasteiger partial charge >= 0.3 is 0 Å². The van der Waals surface area contributed by atoms with Gasteiger partial charge in [0.1, 0.15) is 5.82 Å². The largest absolute Gasteiger partial charge is 0.351 e. The Morgan fingerprint density at radius 1 is 1.36 bits per heavy atom. The normalized spacial score (nSPS) is 17.9. The molecule has 1 saturated heterocycles. The molecule has 0 aliphatic carbocycles. The Labute approximate surface area is 148 Å². The highest BCUT2D eigenvalue weighted by atomic mass is 19.1. The van der Waals surface area contributed by atoms with E-state index < -0.39 is 0 Å². The van der Waals surface area contributed by atoms with Crippen LogP contribution in [0.15, 0.2) is 34.9 Å². The molecule has 0 unspecified atom stereocenters. The molecule has 0 spiro atoms. The van der Waals surface area contributed by atoms with Crippen LogP contribution in [0.1, 0.15) is 60.8 Å². The molecule has 25 heavy (non-hydrogen) atoms. The van der Waals surface area contributed by atoms with Crippen molar-refractivity contribution in [3.05, 3.63) is 53.2 Å². The molecular weight excluding hydrogens is 319 g/mol. The third-order valence-electron chi connectivity index (χ3n) is 4.89. The zero-order valence-electron chi connectivity index (χ0n) is 14.9. The fourth-order valence-electron chi connectivity index (χ4n) is 3.32. The molecule has 2 aromatic rings. The average Bonchev–Trinajstić information content (AvgIpc) is 3.11. The van der Waals surface area contributed by atoms with Gasteiger partial charge in [0.2, 0.25) is 5.76 Å². The second-order valence-corrected chi connectivity index (χ2v) is 7.20. The maximum absolute atomic E-state index is 13.0. The summed E-state index contributed by atoms with van der Waals surface area (Å²) in [6.07, 6.45) is 4.04. The van der Waals surface area contributed by atoms with Gasteiger partial charge in [0.25, 0.3) is 5.91 Å². The van der Waals surface area contributed by atoms with Crippen LogP contribution in [-0.2, 0) is 6.42 Å². The molecule has 4 nitrogen and oxygen atoms in total. The molecule has 1 aromatic carbocycles.